The van der Waals surface area contributed by atoms with Gasteiger partial charge < -0.3 is 54.0 Å². The normalized spacial score (nSPS) is 14.2. The van der Waals surface area contributed by atoms with Gasteiger partial charge in [0.15, 0.2) is 5.96 Å². The van der Waals surface area contributed by atoms with Crippen molar-refractivity contribution in [3.8, 4) is 5.75 Å². The SMILES string of the molecule is CC[C@H](C)[C@H](NC(=O)[C@@H](N)Cc1ccc(O)cc1)C(=O)NCC(=O)N[C@H](CO)NC(=O)[C@@H](CCCN=C(N)N)NC=O. The van der Waals surface area contributed by atoms with E-state index in [4.69, 9.17) is 17.2 Å². The smallest absolute Gasteiger partial charge is 0.244 e. The van der Waals surface area contributed by atoms with Gasteiger partial charge in [0.25, 0.3) is 0 Å². The van der Waals surface area contributed by atoms with E-state index in [1.807, 2.05) is 6.92 Å². The lowest BCUT2D eigenvalue weighted by molar-refractivity contribution is -0.132. The summed E-state index contributed by atoms with van der Waals surface area (Å²) in [5.41, 5.74) is 17.3. The highest BCUT2D eigenvalue weighted by atomic mass is 16.3. The van der Waals surface area contributed by atoms with Crippen LogP contribution in [-0.2, 0) is 30.4 Å². The van der Waals surface area contributed by atoms with Crippen LogP contribution in [0.3, 0.4) is 0 Å². The topological polar surface area (TPSA) is 276 Å². The number of phenolic OH excluding ortho intramolecular Hbond substituents is 1. The summed E-state index contributed by atoms with van der Waals surface area (Å²) >= 11 is 0. The summed E-state index contributed by atoms with van der Waals surface area (Å²) in [6.07, 6.45) is 0.410. The average Bonchev–Trinajstić information content (AvgIpc) is 2.96. The number of amides is 5. The molecule has 0 heterocycles. The van der Waals surface area contributed by atoms with Crippen LogP contribution in [0.15, 0.2) is 29.3 Å². The van der Waals surface area contributed by atoms with E-state index in [0.29, 0.717) is 19.3 Å². The van der Waals surface area contributed by atoms with Crippen molar-refractivity contribution in [2.24, 2.45) is 28.1 Å². The molecule has 0 unspecified atom stereocenters. The molecule has 0 radical (unpaired) electrons. The molecule has 16 heteroatoms. The van der Waals surface area contributed by atoms with E-state index in [0.717, 1.165) is 5.56 Å². The zero-order valence-corrected chi connectivity index (χ0v) is 23.8. The number of nitrogens with two attached hydrogens (primary N) is 3. The number of aliphatic hydroxyl groups excluding tert-OH is 1. The van der Waals surface area contributed by atoms with Crippen LogP contribution in [-0.4, -0.2) is 90.2 Å². The van der Waals surface area contributed by atoms with E-state index < -0.39 is 61.1 Å². The van der Waals surface area contributed by atoms with Crippen molar-refractivity contribution in [1.29, 1.82) is 0 Å². The molecule has 0 fully saturated rings. The van der Waals surface area contributed by atoms with E-state index in [1.165, 1.54) is 12.1 Å². The van der Waals surface area contributed by atoms with E-state index in [1.54, 1.807) is 19.1 Å². The Morgan fingerprint density at radius 3 is 2.26 bits per heavy atom. The zero-order valence-electron chi connectivity index (χ0n) is 23.8. The molecular formula is C26H43N9O7. The van der Waals surface area contributed by atoms with Crippen LogP contribution in [0.5, 0.6) is 5.75 Å². The van der Waals surface area contributed by atoms with Gasteiger partial charge in [-0.1, -0.05) is 32.4 Å². The highest BCUT2D eigenvalue weighted by molar-refractivity contribution is 5.92. The molecule has 0 aromatic heterocycles. The minimum absolute atomic E-state index is 0.0806. The number of nitrogens with one attached hydrogen (secondary N) is 5. The molecule has 0 aliphatic carbocycles. The average molecular weight is 594 g/mol. The summed E-state index contributed by atoms with van der Waals surface area (Å²) in [5.74, 6) is -2.90. The Bertz CT molecular complexity index is 1060. The summed E-state index contributed by atoms with van der Waals surface area (Å²) in [7, 11) is 0. The first-order valence-corrected chi connectivity index (χ1v) is 13.5. The molecule has 5 atom stereocenters. The Hall–Kier alpha value is -4.44. The van der Waals surface area contributed by atoms with Crippen LogP contribution < -0.4 is 43.8 Å². The van der Waals surface area contributed by atoms with Gasteiger partial charge in [-0.15, -0.1) is 0 Å². The quantitative estimate of drug-likeness (QED) is 0.0250. The van der Waals surface area contributed by atoms with Gasteiger partial charge in [-0.2, -0.15) is 0 Å². The number of carbonyl (C=O) groups is 5. The Kier molecular flexibility index (Phi) is 15.9. The minimum atomic E-state index is -1.21. The van der Waals surface area contributed by atoms with E-state index >= 15 is 0 Å². The molecule has 0 saturated heterocycles. The van der Waals surface area contributed by atoms with Crippen LogP contribution in [0.1, 0.15) is 38.7 Å². The number of benzene rings is 1. The first-order chi connectivity index (χ1) is 19.9. The molecule has 1 aromatic rings. The fourth-order valence-electron chi connectivity index (χ4n) is 3.74. The number of nitrogens with zero attached hydrogens (tertiary/aromatic N) is 1. The second-order valence-corrected chi connectivity index (χ2v) is 9.66. The molecular weight excluding hydrogens is 550 g/mol. The van der Waals surface area contributed by atoms with Gasteiger partial charge in [-0.05, 0) is 42.9 Å². The predicted octanol–water partition coefficient (Wildman–Crippen LogP) is -3.37. The lowest BCUT2D eigenvalue weighted by atomic mass is 9.97. The number of aromatic hydroxyl groups is 1. The van der Waals surface area contributed by atoms with Gasteiger partial charge in [0.2, 0.25) is 30.0 Å². The van der Waals surface area contributed by atoms with E-state index in [9.17, 15) is 34.2 Å². The molecule has 1 rings (SSSR count). The van der Waals surface area contributed by atoms with Crippen molar-refractivity contribution in [2.45, 2.75) is 63.8 Å². The summed E-state index contributed by atoms with van der Waals surface area (Å²) in [5, 5.41) is 31.3. The maximum Gasteiger partial charge on any atom is 0.244 e. The molecule has 13 N–H and O–H groups in total. The van der Waals surface area contributed by atoms with Crippen molar-refractivity contribution in [3.05, 3.63) is 29.8 Å². The summed E-state index contributed by atoms with van der Waals surface area (Å²) in [4.78, 5) is 65.4. The van der Waals surface area contributed by atoms with Crippen LogP contribution in [0.4, 0.5) is 0 Å². The summed E-state index contributed by atoms with van der Waals surface area (Å²) < 4.78 is 0. The maximum absolute atomic E-state index is 12.9. The second-order valence-electron chi connectivity index (χ2n) is 9.66. The van der Waals surface area contributed by atoms with Crippen LogP contribution in [0.2, 0.25) is 0 Å². The highest BCUT2D eigenvalue weighted by Gasteiger charge is 2.28. The minimum Gasteiger partial charge on any atom is -0.508 e. The van der Waals surface area contributed by atoms with Gasteiger partial charge in [0.05, 0.1) is 19.2 Å². The molecule has 16 nitrogen and oxygen atoms in total. The lowest BCUT2D eigenvalue weighted by Gasteiger charge is -2.25. The molecule has 42 heavy (non-hydrogen) atoms. The fourth-order valence-corrected chi connectivity index (χ4v) is 3.74. The Morgan fingerprint density at radius 2 is 1.69 bits per heavy atom. The van der Waals surface area contributed by atoms with E-state index in [-0.39, 0.29) is 37.0 Å². The predicted molar refractivity (Wildman–Crippen MR) is 154 cm³/mol. The van der Waals surface area contributed by atoms with E-state index in [2.05, 4.69) is 31.6 Å². The van der Waals surface area contributed by atoms with Crippen LogP contribution >= 0.6 is 0 Å². The summed E-state index contributed by atoms with van der Waals surface area (Å²) in [6.45, 7) is 2.64. The number of rotatable bonds is 19. The van der Waals surface area contributed by atoms with Crippen LogP contribution in [0.25, 0.3) is 0 Å². The van der Waals surface area contributed by atoms with Gasteiger partial charge in [-0.3, -0.25) is 29.0 Å². The molecule has 1 aromatic carbocycles. The molecule has 0 aliphatic heterocycles. The van der Waals surface area contributed by atoms with Crippen LogP contribution in [0, 0.1) is 5.92 Å². The molecule has 0 saturated carbocycles. The number of carbonyl (C=O) groups excluding carboxylic acids is 5. The van der Waals surface area contributed by atoms with Gasteiger partial charge in [0, 0.05) is 6.54 Å². The first-order valence-electron chi connectivity index (χ1n) is 13.5. The van der Waals surface area contributed by atoms with Crippen molar-refractivity contribution < 1.29 is 34.2 Å². The molecule has 0 bridgehead atoms. The largest absolute Gasteiger partial charge is 0.508 e. The Morgan fingerprint density at radius 1 is 1.02 bits per heavy atom. The highest BCUT2D eigenvalue weighted by Crippen LogP contribution is 2.12. The third kappa shape index (κ3) is 13.3. The Labute approximate surface area is 244 Å². The second kappa shape index (κ2) is 18.8. The number of phenols is 1. The third-order valence-electron chi connectivity index (χ3n) is 6.31. The van der Waals surface area contributed by atoms with Gasteiger partial charge in [0.1, 0.15) is 24.0 Å². The van der Waals surface area contributed by atoms with Gasteiger partial charge >= 0.3 is 0 Å². The molecule has 0 spiro atoms. The summed E-state index contributed by atoms with van der Waals surface area (Å²) in [6, 6.07) is 3.31. The van der Waals surface area contributed by atoms with Gasteiger partial charge in [-0.25, -0.2) is 0 Å². The molecule has 5 amide bonds. The van der Waals surface area contributed by atoms with Crippen molar-refractivity contribution in [2.75, 3.05) is 19.7 Å². The first kappa shape index (κ1) is 35.6. The number of aliphatic imine (C=N–C) groups is 1. The monoisotopic (exact) mass is 593 g/mol. The van der Waals surface area contributed by atoms with Crippen molar-refractivity contribution in [3.63, 3.8) is 0 Å². The molecule has 0 aliphatic rings. The number of hydrogen-bond acceptors (Lipinski definition) is 9. The molecule has 234 valence electrons. The maximum atomic E-state index is 12.9. The third-order valence-corrected chi connectivity index (χ3v) is 6.31. The lowest BCUT2D eigenvalue weighted by Crippen LogP contribution is -2.58. The number of hydrogen-bond donors (Lipinski definition) is 10. The fraction of sp³-hybridized carbons (Fsp3) is 0.538. The van der Waals surface area contributed by atoms with Crippen molar-refractivity contribution in [1.82, 2.24) is 26.6 Å². The number of aliphatic hydroxyl groups is 1. The zero-order chi connectivity index (χ0) is 31.7. The Balaban J connectivity index is 2.67. The number of guanidine groups is 1. The standard InChI is InChI=1S/C26H43N9O7/c1-3-15(2)22(35-23(40)18(27)11-16-6-8-17(38)9-7-16)25(42)31-12-21(39)33-20(13-36)34-24(41)19(32-14-37)5-4-10-30-26(28)29/h6-9,14-15,18-20,22,36,38H,3-5,10-13,27H2,1-2H3,(H,31,42)(H,32,37)(H,33,39)(H,34,41)(H,35,40)(H4,28,29,30)/t15-,18-,19+,20-,22-/m0/s1. The van der Waals surface area contributed by atoms with Crippen molar-refractivity contribution >= 4 is 36.0 Å².